The Morgan fingerprint density at radius 2 is 2.25 bits per heavy atom. The minimum absolute atomic E-state index is 0.392. The van der Waals surface area contributed by atoms with Gasteiger partial charge in [0.2, 0.25) is 5.95 Å². The molecule has 0 aromatic carbocycles. The summed E-state index contributed by atoms with van der Waals surface area (Å²) in [7, 11) is 0. The maximum absolute atomic E-state index is 4.30. The van der Waals surface area contributed by atoms with Gasteiger partial charge < -0.3 is 9.88 Å². The van der Waals surface area contributed by atoms with Crippen molar-refractivity contribution in [2.75, 3.05) is 5.32 Å². The van der Waals surface area contributed by atoms with Gasteiger partial charge in [-0.1, -0.05) is 0 Å². The zero-order valence-electron chi connectivity index (χ0n) is 9.77. The van der Waals surface area contributed by atoms with E-state index in [-0.39, 0.29) is 0 Å². The molecule has 0 spiro atoms. The van der Waals surface area contributed by atoms with Gasteiger partial charge in [-0.3, -0.25) is 0 Å². The number of nitrogens with zero attached hydrogens (tertiary/aromatic N) is 3. The molecule has 5 heteroatoms. The first kappa shape index (κ1) is 11.1. The van der Waals surface area contributed by atoms with Gasteiger partial charge in [0.1, 0.15) is 0 Å². The van der Waals surface area contributed by atoms with Crippen LogP contribution in [0.4, 0.5) is 5.95 Å². The van der Waals surface area contributed by atoms with Crippen molar-refractivity contribution in [3.8, 4) is 0 Å². The average molecular weight is 236 g/mol. The topological polar surface area (TPSA) is 42.7 Å². The number of hydrogen-bond donors (Lipinski definition) is 1. The molecule has 0 fully saturated rings. The van der Waals surface area contributed by atoms with Crippen molar-refractivity contribution in [3.05, 3.63) is 28.5 Å². The first-order chi connectivity index (χ1) is 7.66. The van der Waals surface area contributed by atoms with E-state index >= 15 is 0 Å². The molecular formula is C11H16N4S. The predicted octanol–water partition coefficient (Wildman–Crippen LogP) is 2.52. The maximum atomic E-state index is 4.30. The Morgan fingerprint density at radius 1 is 1.44 bits per heavy atom. The summed E-state index contributed by atoms with van der Waals surface area (Å²) in [5.41, 5.74) is 2.99. The van der Waals surface area contributed by atoms with E-state index in [2.05, 4.69) is 33.7 Å². The van der Waals surface area contributed by atoms with E-state index in [4.69, 9.17) is 0 Å². The van der Waals surface area contributed by atoms with Crippen LogP contribution in [0.25, 0.3) is 0 Å². The number of aromatic nitrogens is 3. The Kier molecular flexibility index (Phi) is 3.24. The summed E-state index contributed by atoms with van der Waals surface area (Å²) < 4.78 is 2.11. The van der Waals surface area contributed by atoms with Crippen LogP contribution in [0.3, 0.4) is 0 Å². The van der Waals surface area contributed by atoms with Crippen LogP contribution in [-0.2, 0) is 6.54 Å². The molecule has 2 heterocycles. The van der Waals surface area contributed by atoms with Crippen LogP contribution in [0.2, 0.25) is 0 Å². The second-order valence-corrected chi connectivity index (χ2v) is 4.98. The van der Waals surface area contributed by atoms with Gasteiger partial charge in [-0.2, -0.15) is 0 Å². The summed E-state index contributed by atoms with van der Waals surface area (Å²) in [5, 5.41) is 3.32. The zero-order valence-corrected chi connectivity index (χ0v) is 10.6. The van der Waals surface area contributed by atoms with Crippen molar-refractivity contribution < 1.29 is 0 Å². The monoisotopic (exact) mass is 236 g/mol. The first-order valence-corrected chi connectivity index (χ1v) is 6.21. The number of imidazole rings is 1. The van der Waals surface area contributed by atoms with Crippen molar-refractivity contribution in [1.29, 1.82) is 0 Å². The molecule has 86 valence electrons. The molecule has 2 aromatic rings. The highest BCUT2D eigenvalue weighted by atomic mass is 32.1. The van der Waals surface area contributed by atoms with E-state index in [1.54, 1.807) is 11.3 Å². The number of rotatable bonds is 4. The minimum atomic E-state index is 0.392. The normalized spacial score (nSPS) is 11.0. The van der Waals surface area contributed by atoms with Crippen molar-refractivity contribution in [1.82, 2.24) is 14.5 Å². The van der Waals surface area contributed by atoms with Crippen LogP contribution in [-0.4, -0.2) is 20.6 Å². The number of nitrogens with one attached hydrogen (secondary N) is 1. The van der Waals surface area contributed by atoms with Crippen molar-refractivity contribution in [2.24, 2.45) is 0 Å². The van der Waals surface area contributed by atoms with Crippen LogP contribution < -0.4 is 5.32 Å². The molecule has 0 bridgehead atoms. The van der Waals surface area contributed by atoms with Gasteiger partial charge in [-0.25, -0.2) is 9.97 Å². The molecular weight excluding hydrogens is 220 g/mol. The molecule has 0 aliphatic carbocycles. The van der Waals surface area contributed by atoms with Crippen LogP contribution >= 0.6 is 11.3 Å². The Hall–Kier alpha value is -1.36. The Bertz CT molecular complexity index is 458. The van der Waals surface area contributed by atoms with E-state index in [0.717, 1.165) is 18.2 Å². The number of aryl methyl sites for hydroxylation is 1. The highest BCUT2D eigenvalue weighted by molar-refractivity contribution is 7.09. The number of anilines is 1. The molecule has 0 aliphatic heterocycles. The van der Waals surface area contributed by atoms with Crippen molar-refractivity contribution >= 4 is 17.3 Å². The fourth-order valence-electron chi connectivity index (χ4n) is 1.47. The molecule has 0 unspecified atom stereocenters. The molecule has 0 saturated carbocycles. The molecule has 0 saturated heterocycles. The van der Waals surface area contributed by atoms with Crippen LogP contribution in [0.1, 0.15) is 24.4 Å². The second-order valence-electron chi connectivity index (χ2n) is 4.04. The summed E-state index contributed by atoms with van der Waals surface area (Å²) in [6.07, 6.45) is 3.81. The van der Waals surface area contributed by atoms with E-state index in [1.807, 2.05) is 24.8 Å². The highest BCUT2D eigenvalue weighted by Crippen LogP contribution is 2.16. The van der Waals surface area contributed by atoms with Gasteiger partial charge in [-0.05, 0) is 20.8 Å². The molecule has 2 rings (SSSR count). The van der Waals surface area contributed by atoms with Gasteiger partial charge in [-0.15, -0.1) is 11.3 Å². The third kappa shape index (κ3) is 2.41. The molecule has 0 amide bonds. The third-order valence-electron chi connectivity index (χ3n) is 2.29. The standard InChI is InChI=1S/C11H16N4S/c1-8(2)14-11-12-4-5-15(11)6-10-9(3)13-7-16-10/h4-5,7-8H,6H2,1-3H3,(H,12,14). The van der Waals surface area contributed by atoms with Crippen LogP contribution in [0.5, 0.6) is 0 Å². The van der Waals surface area contributed by atoms with Gasteiger partial charge in [0.05, 0.1) is 17.7 Å². The van der Waals surface area contributed by atoms with Gasteiger partial charge in [0.25, 0.3) is 0 Å². The van der Waals surface area contributed by atoms with Crippen LogP contribution in [0, 0.1) is 6.92 Å². The summed E-state index contributed by atoms with van der Waals surface area (Å²) in [5.74, 6) is 0.919. The summed E-state index contributed by atoms with van der Waals surface area (Å²) in [4.78, 5) is 9.84. The van der Waals surface area contributed by atoms with Gasteiger partial charge >= 0.3 is 0 Å². The van der Waals surface area contributed by atoms with E-state index < -0.39 is 0 Å². The highest BCUT2D eigenvalue weighted by Gasteiger charge is 2.07. The minimum Gasteiger partial charge on any atom is -0.353 e. The molecule has 16 heavy (non-hydrogen) atoms. The largest absolute Gasteiger partial charge is 0.353 e. The summed E-state index contributed by atoms with van der Waals surface area (Å²) >= 11 is 1.69. The van der Waals surface area contributed by atoms with E-state index in [1.165, 1.54) is 4.88 Å². The van der Waals surface area contributed by atoms with Gasteiger partial charge in [0, 0.05) is 23.3 Å². The SMILES string of the molecule is Cc1ncsc1Cn1ccnc1NC(C)C. The van der Waals surface area contributed by atoms with Crippen molar-refractivity contribution in [3.63, 3.8) is 0 Å². The Morgan fingerprint density at radius 3 is 2.88 bits per heavy atom. The summed E-state index contributed by atoms with van der Waals surface area (Å²) in [6, 6.07) is 0.392. The van der Waals surface area contributed by atoms with Crippen molar-refractivity contribution in [2.45, 2.75) is 33.4 Å². The van der Waals surface area contributed by atoms with E-state index in [0.29, 0.717) is 6.04 Å². The molecule has 0 aliphatic rings. The third-order valence-corrected chi connectivity index (χ3v) is 3.21. The number of thiazole rings is 1. The number of hydrogen-bond acceptors (Lipinski definition) is 4. The molecule has 4 nitrogen and oxygen atoms in total. The van der Waals surface area contributed by atoms with Crippen LogP contribution in [0.15, 0.2) is 17.9 Å². The fourth-order valence-corrected chi connectivity index (χ4v) is 2.24. The zero-order chi connectivity index (χ0) is 11.5. The molecule has 0 atom stereocenters. The summed E-state index contributed by atoms with van der Waals surface area (Å²) in [6.45, 7) is 7.10. The fraction of sp³-hybridized carbons (Fsp3) is 0.455. The second kappa shape index (κ2) is 4.65. The first-order valence-electron chi connectivity index (χ1n) is 5.33. The lowest BCUT2D eigenvalue weighted by Crippen LogP contribution is -2.14. The lowest BCUT2D eigenvalue weighted by molar-refractivity contribution is 0.777. The molecule has 2 aromatic heterocycles. The average Bonchev–Trinajstić information content (AvgIpc) is 2.78. The lowest BCUT2D eigenvalue weighted by atomic mass is 10.4. The Labute approximate surface area is 99.4 Å². The smallest absolute Gasteiger partial charge is 0.203 e. The van der Waals surface area contributed by atoms with Gasteiger partial charge in [0.15, 0.2) is 0 Å². The lowest BCUT2D eigenvalue weighted by Gasteiger charge is -2.11. The predicted molar refractivity (Wildman–Crippen MR) is 66.9 cm³/mol. The molecule has 1 N–H and O–H groups in total. The molecule has 0 radical (unpaired) electrons. The van der Waals surface area contributed by atoms with E-state index in [9.17, 15) is 0 Å². The Balaban J connectivity index is 2.16. The maximum Gasteiger partial charge on any atom is 0.203 e. The quantitative estimate of drug-likeness (QED) is 0.887.